The lowest BCUT2D eigenvalue weighted by molar-refractivity contribution is -0.143. The minimum absolute atomic E-state index is 0.00403. The summed E-state index contributed by atoms with van der Waals surface area (Å²) in [4.78, 5) is 58.3. The Labute approximate surface area is 351 Å². The maximum Gasteiger partial charge on any atom is 0.408 e. The van der Waals surface area contributed by atoms with Gasteiger partial charge in [0, 0.05) is 12.3 Å². The fraction of sp³-hybridized carbons (Fsp3) is 0.591. The molecule has 2 heterocycles. The van der Waals surface area contributed by atoms with Gasteiger partial charge in [0.25, 0.3) is 5.91 Å². The third-order valence-corrected chi connectivity index (χ3v) is 15.7. The van der Waals surface area contributed by atoms with E-state index in [2.05, 4.69) is 27.5 Å². The number of fused-ring (bicyclic) bond motifs is 2. The molecule has 2 aliphatic carbocycles. The van der Waals surface area contributed by atoms with E-state index < -0.39 is 90.7 Å². The Morgan fingerprint density at radius 2 is 1.56 bits per heavy atom. The van der Waals surface area contributed by atoms with Crippen LogP contribution < -0.4 is 15.4 Å². The van der Waals surface area contributed by atoms with Crippen molar-refractivity contribution in [3.05, 3.63) is 72.3 Å². The number of thioether (sulfide) groups is 1. The van der Waals surface area contributed by atoms with Crippen LogP contribution >= 0.6 is 11.8 Å². The number of benzene rings is 2. The molecular formula is C44H58F2N4O7S2. The normalized spacial score (nSPS) is 27.8. The number of likely N-dealkylation sites (tertiary alicyclic amines) is 1. The van der Waals surface area contributed by atoms with Crippen LogP contribution in [0.15, 0.2) is 66.7 Å². The molecule has 15 heteroatoms. The molecule has 5 atom stereocenters. The molecule has 2 aliphatic heterocycles. The highest BCUT2D eigenvalue weighted by Crippen LogP contribution is 2.52. The average Bonchev–Trinajstić information content (AvgIpc) is 4.07. The number of hydrogen-bond acceptors (Lipinski definition) is 8. The van der Waals surface area contributed by atoms with Crippen LogP contribution in [0.2, 0.25) is 0 Å². The summed E-state index contributed by atoms with van der Waals surface area (Å²) in [5, 5.41) is 5.32. The number of nitrogens with zero attached hydrogens (tertiary/aromatic N) is 1. The van der Waals surface area contributed by atoms with Gasteiger partial charge >= 0.3 is 6.09 Å². The Bertz CT molecular complexity index is 2030. The van der Waals surface area contributed by atoms with Crippen LogP contribution in [0.5, 0.6) is 0 Å². The predicted octanol–water partition coefficient (Wildman–Crippen LogP) is 7.46. The predicted molar refractivity (Wildman–Crippen MR) is 225 cm³/mol. The molecule has 2 aromatic carbocycles. The second kappa shape index (κ2) is 16.8. The quantitative estimate of drug-likeness (QED) is 0.263. The van der Waals surface area contributed by atoms with Gasteiger partial charge in [-0.1, -0.05) is 100 Å². The number of sulfonamides is 1. The fourth-order valence-corrected chi connectivity index (χ4v) is 11.4. The highest BCUT2D eigenvalue weighted by molar-refractivity contribution is 8.00. The molecule has 2 saturated carbocycles. The minimum atomic E-state index is -4.27. The van der Waals surface area contributed by atoms with Crippen molar-refractivity contribution in [1.29, 1.82) is 0 Å². The van der Waals surface area contributed by atoms with Crippen molar-refractivity contribution in [2.45, 2.75) is 138 Å². The molecule has 2 bridgehead atoms. The molecule has 322 valence electrons. The van der Waals surface area contributed by atoms with E-state index in [1.54, 1.807) is 53.3 Å². The van der Waals surface area contributed by atoms with E-state index in [0.29, 0.717) is 31.4 Å². The summed E-state index contributed by atoms with van der Waals surface area (Å²) in [7, 11) is -4.27. The van der Waals surface area contributed by atoms with Gasteiger partial charge in [0.2, 0.25) is 28.3 Å². The number of carbonyl (C=O) groups is 4. The molecule has 3 fully saturated rings. The number of alkyl carbamates (subject to hydrolysis) is 1. The summed E-state index contributed by atoms with van der Waals surface area (Å²) in [5.74, 6) is -3.77. The van der Waals surface area contributed by atoms with Crippen LogP contribution in [-0.2, 0) is 33.9 Å². The smallest absolute Gasteiger partial charge is 0.408 e. The van der Waals surface area contributed by atoms with E-state index in [-0.39, 0.29) is 13.0 Å². The Hall–Kier alpha value is -3.98. The molecule has 4 aliphatic rings. The van der Waals surface area contributed by atoms with Crippen molar-refractivity contribution >= 4 is 45.6 Å². The van der Waals surface area contributed by atoms with Crippen molar-refractivity contribution in [1.82, 2.24) is 20.3 Å². The SMILES string of the molecule is CC(C)(C)OC(=O)N[C@H](C(=O)N1C[C@]2(c3ccc(-c4ccccc4)cc3)C[C@H]1C(=O)N[C@@]1(C[C@H]1C(F)F)C(=O)NS(=O)(=O)C1(CCCCCC=CCS2)CC1)C(C)(C)C. The maximum atomic E-state index is 15.0. The van der Waals surface area contributed by atoms with Crippen molar-refractivity contribution in [2.75, 3.05) is 12.3 Å². The number of allylic oxidation sites excluding steroid dienone is 1. The van der Waals surface area contributed by atoms with Gasteiger partial charge in [-0.3, -0.25) is 19.1 Å². The van der Waals surface area contributed by atoms with Crippen LogP contribution in [0, 0.1) is 11.3 Å². The van der Waals surface area contributed by atoms with Crippen LogP contribution in [0.25, 0.3) is 11.1 Å². The zero-order valence-corrected chi connectivity index (χ0v) is 36.4. The number of hydrogen-bond donors (Lipinski definition) is 3. The van der Waals surface area contributed by atoms with Crippen molar-refractivity contribution in [3.8, 4) is 11.1 Å². The molecular weight excluding hydrogens is 799 g/mol. The monoisotopic (exact) mass is 856 g/mol. The zero-order valence-electron chi connectivity index (χ0n) is 34.8. The molecule has 2 spiro atoms. The fourth-order valence-electron chi connectivity index (χ4n) is 8.32. The molecule has 2 aromatic rings. The van der Waals surface area contributed by atoms with E-state index in [1.165, 1.54) is 4.90 Å². The number of halogens is 2. The molecule has 11 nitrogen and oxygen atoms in total. The second-order valence-electron chi connectivity index (χ2n) is 18.7. The van der Waals surface area contributed by atoms with Gasteiger partial charge in [0.05, 0.1) is 15.4 Å². The van der Waals surface area contributed by atoms with E-state index in [1.807, 2.05) is 54.6 Å². The molecule has 0 radical (unpaired) electrons. The topological polar surface area (TPSA) is 151 Å². The van der Waals surface area contributed by atoms with Gasteiger partial charge < -0.3 is 20.3 Å². The highest BCUT2D eigenvalue weighted by atomic mass is 32.2. The molecule has 3 N–H and O–H groups in total. The summed E-state index contributed by atoms with van der Waals surface area (Å²) < 4.78 is 62.0. The number of ether oxygens (including phenoxy) is 1. The van der Waals surface area contributed by atoms with Gasteiger partial charge in [-0.05, 0) is 87.8 Å². The maximum absolute atomic E-state index is 15.0. The largest absolute Gasteiger partial charge is 0.444 e. The summed E-state index contributed by atoms with van der Waals surface area (Å²) in [6.45, 7) is 10.4. The van der Waals surface area contributed by atoms with Crippen LogP contribution in [0.3, 0.4) is 0 Å². The summed E-state index contributed by atoms with van der Waals surface area (Å²) in [6.07, 6.45) is 3.89. The molecule has 0 unspecified atom stereocenters. The van der Waals surface area contributed by atoms with E-state index in [0.717, 1.165) is 36.0 Å². The van der Waals surface area contributed by atoms with Crippen molar-refractivity contribution in [3.63, 3.8) is 0 Å². The zero-order chi connectivity index (χ0) is 43.0. The number of nitrogens with one attached hydrogen (secondary N) is 3. The molecule has 1 saturated heterocycles. The Kier molecular flexibility index (Phi) is 12.7. The van der Waals surface area contributed by atoms with Gasteiger partial charge in [0.1, 0.15) is 23.2 Å². The lowest BCUT2D eigenvalue weighted by Crippen LogP contribution is -2.60. The Morgan fingerprint density at radius 1 is 0.898 bits per heavy atom. The second-order valence-corrected chi connectivity index (χ2v) is 22.2. The van der Waals surface area contributed by atoms with Crippen molar-refractivity contribution < 1.29 is 41.1 Å². The minimum Gasteiger partial charge on any atom is -0.444 e. The summed E-state index contributed by atoms with van der Waals surface area (Å²) in [5.41, 5.74) is -1.17. The standard InChI is InChI=1S/C44H58F2N4O7S2/c1-40(2,3)34(47-39(54)57-41(4,5)6)37(52)50-28-43(31-20-18-30(19-21-31)29-16-12-11-13-17-29)27-33(50)36(51)48-44(26-32(44)35(45)46)38(53)49-59(55,56)42(23-24-42)22-14-9-7-8-10-15-25-58-43/h10-13,15-21,32-35H,7-9,14,22-28H2,1-6H3,(H,47,54)(H,48,51)(H,49,53)/t32-,33-,34+,43-,44+/m0/s1. The summed E-state index contributed by atoms with van der Waals surface area (Å²) >= 11 is 1.55. The lowest BCUT2D eigenvalue weighted by Gasteiger charge is -2.36. The van der Waals surface area contributed by atoms with Crippen LogP contribution in [0.1, 0.15) is 105 Å². The van der Waals surface area contributed by atoms with Gasteiger partial charge in [-0.25, -0.2) is 22.0 Å². The molecule has 0 aromatic heterocycles. The van der Waals surface area contributed by atoms with Gasteiger partial charge in [0.15, 0.2) is 0 Å². The summed E-state index contributed by atoms with van der Waals surface area (Å²) in [6, 6.07) is 15.2. The van der Waals surface area contributed by atoms with Crippen LogP contribution in [-0.4, -0.2) is 83.8 Å². The number of rotatable bonds is 5. The van der Waals surface area contributed by atoms with Crippen LogP contribution in [0.4, 0.5) is 13.6 Å². The first-order valence-electron chi connectivity index (χ1n) is 20.5. The number of alkyl halides is 2. The third-order valence-electron chi connectivity index (χ3n) is 12.0. The van der Waals surface area contributed by atoms with E-state index >= 15 is 0 Å². The van der Waals surface area contributed by atoms with Gasteiger partial charge in [-0.15, -0.1) is 11.8 Å². The molecule has 4 amide bonds. The first kappa shape index (κ1) is 44.6. The number of amides is 4. The molecule has 6 rings (SSSR count). The Morgan fingerprint density at radius 3 is 2.15 bits per heavy atom. The van der Waals surface area contributed by atoms with E-state index in [9.17, 15) is 36.4 Å². The lowest BCUT2D eigenvalue weighted by atomic mass is 9.85. The number of carbonyl (C=O) groups excluding carboxylic acids is 4. The average molecular weight is 857 g/mol. The first-order valence-corrected chi connectivity index (χ1v) is 23.0. The molecule has 59 heavy (non-hydrogen) atoms. The van der Waals surface area contributed by atoms with Gasteiger partial charge in [-0.2, -0.15) is 0 Å². The first-order chi connectivity index (χ1) is 27.6. The van der Waals surface area contributed by atoms with E-state index in [4.69, 9.17) is 4.74 Å². The third kappa shape index (κ3) is 9.82. The highest BCUT2D eigenvalue weighted by Gasteiger charge is 2.68. The van der Waals surface area contributed by atoms with Crippen molar-refractivity contribution in [2.24, 2.45) is 11.3 Å². The Balaban J connectivity index is 1.42.